The highest BCUT2D eigenvalue weighted by Gasteiger charge is 2.33. The average Bonchev–Trinajstić information content (AvgIpc) is 3.02. The highest BCUT2D eigenvalue weighted by Crippen LogP contribution is 2.35. The topological polar surface area (TPSA) is 103 Å². The Bertz CT molecular complexity index is 1460. The van der Waals surface area contributed by atoms with Gasteiger partial charge in [-0.25, -0.2) is 9.78 Å². The molecule has 44 heavy (non-hydrogen) atoms. The third-order valence-electron chi connectivity index (χ3n) is 7.43. The van der Waals surface area contributed by atoms with E-state index in [-0.39, 0.29) is 23.8 Å². The van der Waals surface area contributed by atoms with Crippen molar-refractivity contribution in [1.82, 2.24) is 14.9 Å². The number of unbranched alkanes of at least 4 members (excludes halogenated alkanes) is 1. The lowest BCUT2D eigenvalue weighted by atomic mass is 10.1. The fourth-order valence-corrected chi connectivity index (χ4v) is 4.96. The number of carbonyl (C=O) groups excluding carboxylic acids is 2. The summed E-state index contributed by atoms with van der Waals surface area (Å²) in [4.78, 5) is 41.1. The number of rotatable bonds is 13. The molecule has 236 valence electrons. The lowest BCUT2D eigenvalue weighted by Crippen LogP contribution is -2.48. The van der Waals surface area contributed by atoms with Crippen molar-refractivity contribution in [2.45, 2.75) is 46.3 Å². The van der Waals surface area contributed by atoms with Crippen LogP contribution in [0.2, 0.25) is 0 Å². The summed E-state index contributed by atoms with van der Waals surface area (Å²) in [6.07, 6.45) is -0.874. The number of ether oxygens (including phenoxy) is 1. The third-order valence-corrected chi connectivity index (χ3v) is 7.43. The van der Waals surface area contributed by atoms with Gasteiger partial charge < -0.3 is 20.3 Å². The molecule has 0 unspecified atom stereocenters. The van der Waals surface area contributed by atoms with E-state index in [2.05, 4.69) is 39.3 Å². The van der Waals surface area contributed by atoms with Crippen molar-refractivity contribution in [1.29, 1.82) is 0 Å². The van der Waals surface area contributed by atoms with Crippen molar-refractivity contribution >= 4 is 35.1 Å². The number of hydrogen-bond donors (Lipinski definition) is 2. The van der Waals surface area contributed by atoms with Gasteiger partial charge in [0.25, 0.3) is 5.91 Å². The molecule has 4 rings (SSSR count). The zero-order chi connectivity index (χ0) is 31.9. The Balaban J connectivity index is 1.51. The Morgan fingerprint density at radius 2 is 1.86 bits per heavy atom. The molecule has 0 saturated carbocycles. The molecule has 0 aliphatic carbocycles. The molecule has 0 spiro atoms. The van der Waals surface area contributed by atoms with Gasteiger partial charge in [-0.05, 0) is 63.7 Å². The van der Waals surface area contributed by atoms with E-state index in [1.807, 2.05) is 6.92 Å². The van der Waals surface area contributed by atoms with Crippen LogP contribution in [-0.2, 0) is 12.7 Å². The number of amides is 3. The highest BCUT2D eigenvalue weighted by atomic mass is 19.4. The lowest BCUT2D eigenvalue weighted by molar-refractivity contribution is -0.137. The number of nitrogens with zero attached hydrogens (tertiary/aromatic N) is 5. The lowest BCUT2D eigenvalue weighted by Gasteiger charge is -2.35. The van der Waals surface area contributed by atoms with Crippen LogP contribution in [0.15, 0.2) is 48.7 Å². The highest BCUT2D eigenvalue weighted by molar-refractivity contribution is 6.07. The van der Waals surface area contributed by atoms with E-state index in [0.717, 1.165) is 50.2 Å². The van der Waals surface area contributed by atoms with Crippen molar-refractivity contribution in [3.05, 3.63) is 65.4 Å². The molecule has 1 aromatic heterocycles. The number of fused-ring (bicyclic) bond motifs is 1. The van der Waals surface area contributed by atoms with Gasteiger partial charge in [-0.3, -0.25) is 14.6 Å². The number of benzene rings is 2. The van der Waals surface area contributed by atoms with E-state index in [9.17, 15) is 22.8 Å². The maximum atomic E-state index is 13.7. The summed E-state index contributed by atoms with van der Waals surface area (Å²) >= 11 is 0. The maximum Gasteiger partial charge on any atom is 0.416 e. The summed E-state index contributed by atoms with van der Waals surface area (Å²) in [5.41, 5.74) is 0.323. The molecule has 0 saturated heterocycles. The smallest absolute Gasteiger partial charge is 0.416 e. The van der Waals surface area contributed by atoms with Crippen LogP contribution in [-0.4, -0.2) is 66.6 Å². The van der Waals surface area contributed by atoms with E-state index >= 15 is 0 Å². The van der Waals surface area contributed by atoms with E-state index in [0.29, 0.717) is 36.3 Å². The summed E-state index contributed by atoms with van der Waals surface area (Å²) in [6.45, 7) is 10.5. The second kappa shape index (κ2) is 14.4. The van der Waals surface area contributed by atoms with Gasteiger partial charge in [-0.1, -0.05) is 19.9 Å². The molecule has 0 fully saturated rings. The molecular formula is C31H38F3N7O3. The molecule has 13 heteroatoms. The molecule has 1 aliphatic heterocycles. The van der Waals surface area contributed by atoms with Gasteiger partial charge in [-0.2, -0.15) is 18.2 Å². The van der Waals surface area contributed by atoms with Gasteiger partial charge in [0.15, 0.2) is 0 Å². The summed E-state index contributed by atoms with van der Waals surface area (Å²) in [5, 5.41) is 5.89. The molecular weight excluding hydrogens is 575 g/mol. The van der Waals surface area contributed by atoms with Crippen molar-refractivity contribution in [2.24, 2.45) is 0 Å². The number of urea groups is 1. The first-order chi connectivity index (χ1) is 21.1. The van der Waals surface area contributed by atoms with Gasteiger partial charge in [0.1, 0.15) is 11.6 Å². The number of nitrogens with one attached hydrogen (secondary N) is 2. The minimum atomic E-state index is -4.58. The monoisotopic (exact) mass is 613 g/mol. The number of carbonyl (C=O) groups is 2. The number of alkyl halides is 3. The molecule has 3 aromatic rings. The van der Waals surface area contributed by atoms with Crippen molar-refractivity contribution in [2.75, 3.05) is 60.3 Å². The maximum absolute atomic E-state index is 13.7. The third kappa shape index (κ3) is 7.76. The zero-order valence-corrected chi connectivity index (χ0v) is 25.4. The van der Waals surface area contributed by atoms with Crippen LogP contribution in [0.5, 0.6) is 5.75 Å². The Labute approximate surface area is 255 Å². The average molecular weight is 614 g/mol. The SMILES string of the molecule is CCN(CC)CCCCNc1ncc2c(n1)N(CC)C(=O)N(c1cc(NC(=O)c3cccc(C(F)(F)F)c3)cc(OC)c1)C2. The van der Waals surface area contributed by atoms with Crippen molar-refractivity contribution in [3.63, 3.8) is 0 Å². The van der Waals surface area contributed by atoms with E-state index in [1.165, 1.54) is 30.2 Å². The number of hydrogen-bond acceptors (Lipinski definition) is 7. The van der Waals surface area contributed by atoms with Gasteiger partial charge >= 0.3 is 12.2 Å². The van der Waals surface area contributed by atoms with Crippen LogP contribution in [0.25, 0.3) is 0 Å². The van der Waals surface area contributed by atoms with Gasteiger partial charge in [0.05, 0.1) is 24.9 Å². The molecule has 2 N–H and O–H groups in total. The Kier molecular flexibility index (Phi) is 10.6. The molecule has 1 aliphatic rings. The predicted octanol–water partition coefficient (Wildman–Crippen LogP) is 6.26. The van der Waals surface area contributed by atoms with Gasteiger partial charge in [0, 0.05) is 48.2 Å². The van der Waals surface area contributed by atoms with Crippen LogP contribution < -0.4 is 25.2 Å². The second-order valence-corrected chi connectivity index (χ2v) is 10.3. The molecule has 0 bridgehead atoms. The second-order valence-electron chi connectivity index (χ2n) is 10.3. The fourth-order valence-electron chi connectivity index (χ4n) is 4.96. The zero-order valence-electron chi connectivity index (χ0n) is 25.4. The van der Waals surface area contributed by atoms with E-state index in [4.69, 9.17) is 4.74 Å². The first-order valence-corrected chi connectivity index (χ1v) is 14.7. The number of methoxy groups -OCH3 is 1. The predicted molar refractivity (Wildman–Crippen MR) is 165 cm³/mol. The standard InChI is InChI=1S/C31H38F3N7O3/c1-5-39(6-2)14-9-8-13-35-29-36-19-22-20-41(30(43)40(7-3)27(22)38-29)25-16-24(17-26(18-25)44-4)37-28(42)21-11-10-12-23(15-21)31(32,33)34/h10-12,15-19H,5-9,13-14,20H2,1-4H3,(H,37,42)(H,35,36,38). The summed E-state index contributed by atoms with van der Waals surface area (Å²) in [7, 11) is 1.44. The number of halogens is 3. The molecule has 2 heterocycles. The Hall–Kier alpha value is -4.39. The van der Waals surface area contributed by atoms with Crippen LogP contribution in [0.3, 0.4) is 0 Å². The first kappa shape index (κ1) is 32.5. The minimum Gasteiger partial charge on any atom is -0.497 e. The largest absolute Gasteiger partial charge is 0.497 e. The first-order valence-electron chi connectivity index (χ1n) is 14.7. The quantitative estimate of drug-likeness (QED) is 0.220. The van der Waals surface area contributed by atoms with Crippen LogP contribution in [0.4, 0.5) is 41.1 Å². The number of anilines is 4. The molecule has 10 nitrogen and oxygen atoms in total. The van der Waals surface area contributed by atoms with Crippen molar-refractivity contribution < 1.29 is 27.5 Å². The molecule has 3 amide bonds. The van der Waals surface area contributed by atoms with Crippen molar-refractivity contribution in [3.8, 4) is 5.75 Å². The summed E-state index contributed by atoms with van der Waals surface area (Å²) in [6, 6.07) is 8.57. The van der Waals surface area contributed by atoms with E-state index < -0.39 is 17.6 Å². The Morgan fingerprint density at radius 1 is 1.09 bits per heavy atom. The van der Waals surface area contributed by atoms with E-state index in [1.54, 1.807) is 23.2 Å². The normalized spacial score (nSPS) is 13.2. The molecule has 0 radical (unpaired) electrons. The number of aromatic nitrogens is 2. The summed E-state index contributed by atoms with van der Waals surface area (Å²) in [5.74, 6) is 0.588. The fraction of sp³-hybridized carbons (Fsp3) is 0.419. The summed E-state index contributed by atoms with van der Waals surface area (Å²) < 4.78 is 44.9. The van der Waals surface area contributed by atoms with Gasteiger partial charge in [0.2, 0.25) is 5.95 Å². The molecule has 2 aromatic carbocycles. The minimum absolute atomic E-state index is 0.158. The molecule has 0 atom stereocenters. The van der Waals surface area contributed by atoms with Crippen LogP contribution in [0, 0.1) is 0 Å². The Morgan fingerprint density at radius 3 is 2.55 bits per heavy atom. The van der Waals surface area contributed by atoms with Crippen LogP contribution >= 0.6 is 0 Å². The van der Waals surface area contributed by atoms with Crippen LogP contribution in [0.1, 0.15) is 55.1 Å². The van der Waals surface area contributed by atoms with Gasteiger partial charge in [-0.15, -0.1) is 0 Å².